The summed E-state index contributed by atoms with van der Waals surface area (Å²) in [6.07, 6.45) is 9.27. The molecule has 1 saturated carbocycles. The van der Waals surface area contributed by atoms with Crippen LogP contribution in [0.15, 0.2) is 30.7 Å². The van der Waals surface area contributed by atoms with Crippen LogP contribution in [0, 0.1) is 12.8 Å². The number of likely N-dealkylation sites (tertiary alicyclic amines) is 1. The van der Waals surface area contributed by atoms with Gasteiger partial charge in [0.2, 0.25) is 5.91 Å². The van der Waals surface area contributed by atoms with Crippen molar-refractivity contribution in [2.24, 2.45) is 5.92 Å². The fourth-order valence-corrected chi connectivity index (χ4v) is 3.59. The third-order valence-corrected chi connectivity index (χ3v) is 5.70. The lowest BCUT2D eigenvalue weighted by Crippen LogP contribution is -2.46. The fraction of sp³-hybridized carbons (Fsp3) is 0.524. The molecule has 2 fully saturated rings. The summed E-state index contributed by atoms with van der Waals surface area (Å²) in [4.78, 5) is 31.1. The predicted octanol–water partition coefficient (Wildman–Crippen LogP) is 3.04. The van der Waals surface area contributed by atoms with Crippen molar-refractivity contribution in [1.82, 2.24) is 25.0 Å². The summed E-state index contributed by atoms with van der Waals surface area (Å²) in [5, 5.41) is 10.3. The van der Waals surface area contributed by atoms with Crippen molar-refractivity contribution in [3.8, 4) is 0 Å². The Morgan fingerprint density at radius 2 is 1.90 bits per heavy atom. The molecule has 1 atom stereocenters. The normalized spacial score (nSPS) is 18.3. The van der Waals surface area contributed by atoms with Crippen LogP contribution in [0.25, 0.3) is 0 Å². The van der Waals surface area contributed by atoms with E-state index in [-0.39, 0.29) is 23.9 Å². The molecule has 0 spiro atoms. The summed E-state index contributed by atoms with van der Waals surface area (Å²) in [5.41, 5.74) is 2.07. The summed E-state index contributed by atoms with van der Waals surface area (Å²) in [5.74, 6) is 0.444. The Hall–Kier alpha value is -2.90. The van der Waals surface area contributed by atoms with Crippen LogP contribution >= 0.6 is 0 Å². The number of pyridine rings is 1. The highest BCUT2D eigenvalue weighted by molar-refractivity contribution is 5.91. The summed E-state index contributed by atoms with van der Waals surface area (Å²) in [7, 11) is 0. The molecule has 29 heavy (non-hydrogen) atoms. The van der Waals surface area contributed by atoms with Crippen molar-refractivity contribution in [3.63, 3.8) is 0 Å². The Kier molecular flexibility index (Phi) is 5.51. The van der Waals surface area contributed by atoms with Crippen LogP contribution in [0.3, 0.4) is 0 Å². The van der Waals surface area contributed by atoms with Crippen molar-refractivity contribution in [2.75, 3.05) is 18.4 Å². The van der Waals surface area contributed by atoms with Gasteiger partial charge in [-0.25, -0.2) is 9.78 Å². The summed E-state index contributed by atoms with van der Waals surface area (Å²) in [6.45, 7) is 5.07. The van der Waals surface area contributed by atoms with Gasteiger partial charge in [-0.15, -0.1) is 0 Å². The Morgan fingerprint density at radius 1 is 1.14 bits per heavy atom. The van der Waals surface area contributed by atoms with E-state index in [0.29, 0.717) is 37.8 Å². The molecule has 0 radical (unpaired) electrons. The third kappa shape index (κ3) is 4.75. The predicted molar refractivity (Wildman–Crippen MR) is 109 cm³/mol. The zero-order valence-corrected chi connectivity index (χ0v) is 17.0. The molecule has 2 N–H and O–H groups in total. The van der Waals surface area contributed by atoms with Gasteiger partial charge in [-0.3, -0.25) is 9.48 Å². The molecule has 8 nitrogen and oxygen atoms in total. The van der Waals surface area contributed by atoms with Crippen LogP contribution < -0.4 is 10.6 Å². The minimum atomic E-state index is -0.101. The van der Waals surface area contributed by atoms with E-state index >= 15 is 0 Å². The molecule has 0 aromatic carbocycles. The van der Waals surface area contributed by atoms with Crippen LogP contribution in [0.2, 0.25) is 0 Å². The number of nitrogens with one attached hydrogen (secondary N) is 2. The van der Waals surface area contributed by atoms with E-state index in [1.807, 2.05) is 43.1 Å². The summed E-state index contributed by atoms with van der Waals surface area (Å²) >= 11 is 0. The van der Waals surface area contributed by atoms with Gasteiger partial charge in [0.25, 0.3) is 0 Å². The van der Waals surface area contributed by atoms with Gasteiger partial charge < -0.3 is 15.5 Å². The number of rotatable bonds is 5. The number of nitrogens with zero attached hydrogens (tertiary/aromatic N) is 4. The summed E-state index contributed by atoms with van der Waals surface area (Å²) in [6, 6.07) is 4.08. The zero-order chi connectivity index (χ0) is 20.4. The quantitative estimate of drug-likeness (QED) is 0.812. The Morgan fingerprint density at radius 3 is 2.55 bits per heavy atom. The van der Waals surface area contributed by atoms with Crippen molar-refractivity contribution in [1.29, 1.82) is 0 Å². The van der Waals surface area contributed by atoms with E-state index in [2.05, 4.69) is 20.7 Å². The Bertz CT molecular complexity index is 866. The lowest BCUT2D eigenvalue weighted by molar-refractivity contribution is -0.121. The van der Waals surface area contributed by atoms with Crippen LogP contribution in [-0.2, 0) is 4.79 Å². The second kappa shape index (κ2) is 8.23. The minimum Gasteiger partial charge on any atom is -0.331 e. The van der Waals surface area contributed by atoms with E-state index in [9.17, 15) is 9.59 Å². The number of hydrogen-bond acceptors (Lipinski definition) is 4. The van der Waals surface area contributed by atoms with Crippen molar-refractivity contribution >= 4 is 17.8 Å². The first-order valence-corrected chi connectivity index (χ1v) is 10.3. The molecule has 8 heteroatoms. The van der Waals surface area contributed by atoms with Gasteiger partial charge in [0.15, 0.2) is 0 Å². The maximum atomic E-state index is 12.6. The van der Waals surface area contributed by atoms with Crippen LogP contribution in [0.4, 0.5) is 10.6 Å². The lowest BCUT2D eigenvalue weighted by atomic mass is 9.96. The van der Waals surface area contributed by atoms with Crippen LogP contribution in [-0.4, -0.2) is 44.7 Å². The first-order valence-electron chi connectivity index (χ1n) is 10.3. The fourth-order valence-electron chi connectivity index (χ4n) is 3.59. The minimum absolute atomic E-state index is 0.0257. The van der Waals surface area contributed by atoms with E-state index in [1.54, 1.807) is 11.1 Å². The number of carbonyl (C=O) groups is 2. The molecule has 4 rings (SSSR count). The zero-order valence-electron chi connectivity index (χ0n) is 17.0. The molecule has 3 heterocycles. The molecule has 1 saturated heterocycles. The highest BCUT2D eigenvalue weighted by atomic mass is 16.2. The number of aryl methyl sites for hydroxylation is 1. The van der Waals surface area contributed by atoms with Gasteiger partial charge in [0.1, 0.15) is 5.82 Å². The highest BCUT2D eigenvalue weighted by Crippen LogP contribution is 2.34. The SMILES string of the molecule is Cc1ccc(NC(=O)C2CCN(C(=O)NC(C)c3cnn(C4CC4)c3)CC2)nc1. The molecule has 154 valence electrons. The first-order chi connectivity index (χ1) is 14.0. The van der Waals surface area contributed by atoms with Crippen molar-refractivity contribution < 1.29 is 9.59 Å². The Balaban J connectivity index is 1.24. The number of carbonyl (C=O) groups excluding carboxylic acids is 2. The number of urea groups is 1. The van der Waals surface area contributed by atoms with Gasteiger partial charge in [0.05, 0.1) is 18.3 Å². The molecule has 2 aromatic heterocycles. The number of aromatic nitrogens is 3. The largest absolute Gasteiger partial charge is 0.331 e. The van der Waals surface area contributed by atoms with Crippen molar-refractivity contribution in [2.45, 2.75) is 51.6 Å². The monoisotopic (exact) mass is 396 g/mol. The molecule has 0 bridgehead atoms. The Labute approximate surface area is 170 Å². The number of amides is 3. The van der Waals surface area contributed by atoms with E-state index < -0.39 is 0 Å². The molecule has 3 amide bonds. The smallest absolute Gasteiger partial charge is 0.317 e. The molecule has 2 aliphatic rings. The van der Waals surface area contributed by atoms with Gasteiger partial charge in [0, 0.05) is 37.0 Å². The molecule has 1 unspecified atom stereocenters. The number of anilines is 1. The average Bonchev–Trinajstić information content (AvgIpc) is 3.46. The molecular weight excluding hydrogens is 368 g/mol. The molecule has 1 aliphatic carbocycles. The third-order valence-electron chi connectivity index (χ3n) is 5.70. The van der Waals surface area contributed by atoms with E-state index in [0.717, 1.165) is 11.1 Å². The standard InChI is InChI=1S/C21H28N6O2/c1-14-3-6-19(22-11-14)25-20(28)16-7-9-26(10-8-16)21(29)24-15(2)17-12-23-27(13-17)18-4-5-18/h3,6,11-13,15-16,18H,4-5,7-10H2,1-2H3,(H,24,29)(H,22,25,28). The van der Waals surface area contributed by atoms with Crippen LogP contribution in [0.5, 0.6) is 0 Å². The van der Waals surface area contributed by atoms with E-state index in [4.69, 9.17) is 0 Å². The first kappa shape index (κ1) is 19.4. The molecule has 2 aromatic rings. The second-order valence-electron chi connectivity index (χ2n) is 8.13. The maximum Gasteiger partial charge on any atom is 0.317 e. The second-order valence-corrected chi connectivity index (χ2v) is 8.13. The van der Waals surface area contributed by atoms with Gasteiger partial charge in [-0.05, 0) is 51.2 Å². The number of hydrogen-bond donors (Lipinski definition) is 2. The molecule has 1 aliphatic heterocycles. The average molecular weight is 396 g/mol. The van der Waals surface area contributed by atoms with Crippen LogP contribution in [0.1, 0.15) is 55.8 Å². The highest BCUT2D eigenvalue weighted by Gasteiger charge is 2.29. The van der Waals surface area contributed by atoms with E-state index in [1.165, 1.54) is 12.8 Å². The number of piperidine rings is 1. The van der Waals surface area contributed by atoms with Gasteiger partial charge >= 0.3 is 6.03 Å². The lowest BCUT2D eigenvalue weighted by Gasteiger charge is -2.32. The summed E-state index contributed by atoms with van der Waals surface area (Å²) < 4.78 is 1.99. The van der Waals surface area contributed by atoms with Gasteiger partial charge in [-0.1, -0.05) is 6.07 Å². The van der Waals surface area contributed by atoms with Crippen molar-refractivity contribution in [3.05, 3.63) is 41.9 Å². The molecular formula is C21H28N6O2. The maximum absolute atomic E-state index is 12.6. The van der Waals surface area contributed by atoms with Gasteiger partial charge in [-0.2, -0.15) is 5.10 Å². The topological polar surface area (TPSA) is 92.2 Å².